The second-order valence-electron chi connectivity index (χ2n) is 2.79. The van der Waals surface area contributed by atoms with Crippen molar-refractivity contribution < 1.29 is 23.5 Å². The van der Waals surface area contributed by atoms with Crippen LogP contribution in [0.2, 0.25) is 0 Å². The fourth-order valence-corrected chi connectivity index (χ4v) is 1.48. The molecular weight excluding hydrogens is 335 g/mol. The number of carboxylic acids is 1. The molecule has 0 aliphatic carbocycles. The van der Waals surface area contributed by atoms with E-state index < -0.39 is 18.3 Å². The van der Waals surface area contributed by atoms with Crippen LogP contribution in [0, 0.1) is 3.57 Å². The average molecular weight is 341 g/mol. The second kappa shape index (κ2) is 5.19. The zero-order valence-corrected chi connectivity index (χ0v) is 9.86. The van der Waals surface area contributed by atoms with E-state index in [-0.39, 0.29) is 11.3 Å². The number of anilines is 1. The number of rotatable bonds is 3. The Morgan fingerprint density at radius 2 is 2.00 bits per heavy atom. The molecule has 0 heterocycles. The van der Waals surface area contributed by atoms with Gasteiger partial charge in [0.05, 0.1) is 11.3 Å². The van der Waals surface area contributed by atoms with Gasteiger partial charge in [0.15, 0.2) is 0 Å². The van der Waals surface area contributed by atoms with E-state index in [0.29, 0.717) is 3.57 Å². The van der Waals surface area contributed by atoms with Gasteiger partial charge in [-0.3, -0.25) is 4.79 Å². The lowest BCUT2D eigenvalue weighted by molar-refractivity contribution is -0.126. The summed E-state index contributed by atoms with van der Waals surface area (Å²) in [6.07, 6.45) is -3.18. The molecule has 0 bridgehead atoms. The third-order valence-electron chi connectivity index (χ3n) is 1.67. The lowest BCUT2D eigenvalue weighted by Gasteiger charge is -2.08. The van der Waals surface area contributed by atoms with Crippen LogP contribution in [-0.4, -0.2) is 23.4 Å². The van der Waals surface area contributed by atoms with Gasteiger partial charge in [0.1, 0.15) is 0 Å². The van der Waals surface area contributed by atoms with Crippen LogP contribution in [0.15, 0.2) is 18.2 Å². The van der Waals surface area contributed by atoms with Crippen LogP contribution in [0.1, 0.15) is 10.4 Å². The molecule has 1 rings (SSSR count). The number of amides is 1. The first-order valence-electron chi connectivity index (χ1n) is 4.03. The Hall–Kier alpha value is -1.25. The van der Waals surface area contributed by atoms with Gasteiger partial charge in [-0.1, -0.05) is 0 Å². The lowest BCUT2D eigenvalue weighted by Crippen LogP contribution is -2.21. The van der Waals surface area contributed by atoms with Gasteiger partial charge < -0.3 is 10.4 Å². The minimum absolute atomic E-state index is 0.141. The minimum Gasteiger partial charge on any atom is -0.478 e. The van der Waals surface area contributed by atoms with E-state index in [1.54, 1.807) is 0 Å². The van der Waals surface area contributed by atoms with Gasteiger partial charge in [0.25, 0.3) is 5.91 Å². The maximum atomic E-state index is 12.0. The molecule has 1 aromatic carbocycles. The van der Waals surface area contributed by atoms with Crippen molar-refractivity contribution in [2.45, 2.75) is 6.43 Å². The Kier molecular flexibility index (Phi) is 4.16. The van der Waals surface area contributed by atoms with E-state index in [1.165, 1.54) is 18.2 Å². The molecule has 0 aliphatic rings. The summed E-state index contributed by atoms with van der Waals surface area (Å²) in [5, 5.41) is 10.6. The summed E-state index contributed by atoms with van der Waals surface area (Å²) in [5.74, 6) is -2.81. The van der Waals surface area contributed by atoms with Gasteiger partial charge in [0, 0.05) is 3.57 Å². The molecule has 0 saturated carbocycles. The van der Waals surface area contributed by atoms with Crippen LogP contribution < -0.4 is 5.32 Å². The van der Waals surface area contributed by atoms with Gasteiger partial charge >= 0.3 is 12.4 Å². The summed E-state index contributed by atoms with van der Waals surface area (Å²) in [4.78, 5) is 21.5. The molecule has 7 heteroatoms. The summed E-state index contributed by atoms with van der Waals surface area (Å²) >= 11 is 1.88. The number of benzene rings is 1. The van der Waals surface area contributed by atoms with Gasteiger partial charge in [-0.2, -0.15) is 8.78 Å². The number of carbonyl (C=O) groups excluding carboxylic acids is 1. The first-order valence-corrected chi connectivity index (χ1v) is 5.11. The van der Waals surface area contributed by atoms with Crippen LogP contribution in [0.3, 0.4) is 0 Å². The standard InChI is InChI=1S/C9H6F2INO3/c10-7(11)8(14)13-6-2-1-4(12)3-5(6)9(15)16/h1-3,7H,(H,13,14)(H,15,16). The molecule has 0 fully saturated rings. The van der Waals surface area contributed by atoms with Crippen LogP contribution in [0.5, 0.6) is 0 Å². The van der Waals surface area contributed by atoms with Gasteiger partial charge in [-0.05, 0) is 40.8 Å². The Morgan fingerprint density at radius 1 is 1.38 bits per heavy atom. The molecule has 16 heavy (non-hydrogen) atoms. The molecular formula is C9H6F2INO3. The van der Waals surface area contributed by atoms with Crippen LogP contribution in [-0.2, 0) is 4.79 Å². The van der Waals surface area contributed by atoms with Crippen LogP contribution in [0.25, 0.3) is 0 Å². The Bertz CT molecular complexity index is 437. The quantitative estimate of drug-likeness (QED) is 0.829. The average Bonchev–Trinajstić information content (AvgIpc) is 2.20. The third kappa shape index (κ3) is 3.12. The number of nitrogens with one attached hydrogen (secondary N) is 1. The van der Waals surface area contributed by atoms with Crippen LogP contribution in [0.4, 0.5) is 14.5 Å². The zero-order chi connectivity index (χ0) is 12.3. The predicted octanol–water partition coefficient (Wildman–Crippen LogP) is 2.19. The van der Waals surface area contributed by atoms with Gasteiger partial charge in [-0.15, -0.1) is 0 Å². The van der Waals surface area contributed by atoms with Crippen molar-refractivity contribution in [1.29, 1.82) is 0 Å². The summed E-state index contributed by atoms with van der Waals surface area (Å²) in [6.45, 7) is 0. The van der Waals surface area contributed by atoms with E-state index in [0.717, 1.165) is 0 Å². The number of alkyl halides is 2. The third-order valence-corrected chi connectivity index (χ3v) is 2.34. The normalized spacial score (nSPS) is 10.2. The highest BCUT2D eigenvalue weighted by molar-refractivity contribution is 14.1. The fraction of sp³-hybridized carbons (Fsp3) is 0.111. The molecule has 1 aromatic rings. The van der Waals surface area contributed by atoms with E-state index in [9.17, 15) is 18.4 Å². The first kappa shape index (κ1) is 12.8. The number of hydrogen-bond acceptors (Lipinski definition) is 2. The van der Waals surface area contributed by atoms with Crippen molar-refractivity contribution in [3.8, 4) is 0 Å². The summed E-state index contributed by atoms with van der Waals surface area (Å²) in [7, 11) is 0. The molecule has 0 spiro atoms. The smallest absolute Gasteiger partial charge is 0.337 e. The Morgan fingerprint density at radius 3 is 2.50 bits per heavy atom. The highest BCUT2D eigenvalue weighted by Crippen LogP contribution is 2.19. The summed E-state index contributed by atoms with van der Waals surface area (Å²) < 4.78 is 24.6. The lowest BCUT2D eigenvalue weighted by atomic mass is 10.2. The van der Waals surface area contributed by atoms with Crippen molar-refractivity contribution in [2.75, 3.05) is 5.32 Å². The maximum absolute atomic E-state index is 12.0. The number of aromatic carboxylic acids is 1. The van der Waals surface area contributed by atoms with E-state index in [1.807, 2.05) is 27.9 Å². The van der Waals surface area contributed by atoms with Crippen molar-refractivity contribution in [3.05, 3.63) is 27.3 Å². The van der Waals surface area contributed by atoms with Crippen LogP contribution >= 0.6 is 22.6 Å². The molecule has 0 unspecified atom stereocenters. The summed E-state index contributed by atoms with van der Waals surface area (Å²) in [5.41, 5.74) is -0.362. The number of hydrogen-bond donors (Lipinski definition) is 2. The fourth-order valence-electron chi connectivity index (χ4n) is 0.990. The molecule has 0 atom stereocenters. The molecule has 0 aromatic heterocycles. The molecule has 86 valence electrons. The van der Waals surface area contributed by atoms with E-state index in [2.05, 4.69) is 0 Å². The van der Waals surface area contributed by atoms with Crippen molar-refractivity contribution in [2.24, 2.45) is 0 Å². The minimum atomic E-state index is -3.18. The Labute approximate surface area is 103 Å². The predicted molar refractivity (Wildman–Crippen MR) is 60.8 cm³/mol. The first-order chi connectivity index (χ1) is 7.41. The zero-order valence-electron chi connectivity index (χ0n) is 7.71. The molecule has 0 aliphatic heterocycles. The summed E-state index contributed by atoms with van der Waals surface area (Å²) in [6, 6.07) is 4.06. The Balaban J connectivity index is 3.04. The van der Waals surface area contributed by atoms with Gasteiger partial charge in [0.2, 0.25) is 0 Å². The SMILES string of the molecule is O=C(O)c1cc(I)ccc1NC(=O)C(F)F. The second-order valence-corrected chi connectivity index (χ2v) is 4.03. The molecule has 0 saturated heterocycles. The number of carbonyl (C=O) groups is 2. The highest BCUT2D eigenvalue weighted by Gasteiger charge is 2.18. The molecule has 1 amide bonds. The van der Waals surface area contributed by atoms with Crippen molar-refractivity contribution in [1.82, 2.24) is 0 Å². The van der Waals surface area contributed by atoms with E-state index in [4.69, 9.17) is 5.11 Å². The van der Waals surface area contributed by atoms with E-state index >= 15 is 0 Å². The molecule has 4 nitrogen and oxygen atoms in total. The molecule has 2 N–H and O–H groups in total. The molecule has 0 radical (unpaired) electrons. The largest absolute Gasteiger partial charge is 0.478 e. The van der Waals surface area contributed by atoms with Gasteiger partial charge in [-0.25, -0.2) is 4.79 Å². The topological polar surface area (TPSA) is 66.4 Å². The maximum Gasteiger partial charge on any atom is 0.337 e. The van der Waals surface area contributed by atoms with Crippen molar-refractivity contribution >= 4 is 40.2 Å². The number of carboxylic acid groups (broad SMARTS) is 1. The monoisotopic (exact) mass is 341 g/mol. The van der Waals surface area contributed by atoms with Crippen molar-refractivity contribution in [3.63, 3.8) is 0 Å². The highest BCUT2D eigenvalue weighted by atomic mass is 127. The number of halogens is 3.